The zero-order chi connectivity index (χ0) is 21.2. The number of carbonyl (C=O) groups excluding carboxylic acids is 1. The third-order valence-corrected chi connectivity index (χ3v) is 10.7. The molecule has 4 fully saturated rings. The Labute approximate surface area is 189 Å². The largest absolute Gasteiger partial charge is 0.298 e. The van der Waals surface area contributed by atoms with Crippen LogP contribution >= 0.6 is 15.9 Å². The third kappa shape index (κ3) is 4.27. The highest BCUT2D eigenvalue weighted by Crippen LogP contribution is 2.65. The molecule has 1 nitrogen and oxygen atoms in total. The molecule has 4 aliphatic rings. The average molecular weight is 468 g/mol. The summed E-state index contributed by atoms with van der Waals surface area (Å²) in [7, 11) is 0. The Morgan fingerprint density at radius 3 is 2.28 bits per heavy atom. The van der Waals surface area contributed by atoms with Crippen molar-refractivity contribution in [3.8, 4) is 0 Å². The van der Waals surface area contributed by atoms with E-state index in [9.17, 15) is 4.79 Å². The van der Waals surface area contributed by atoms with Crippen LogP contribution in [-0.2, 0) is 4.79 Å². The number of hydrogen-bond acceptors (Lipinski definition) is 1. The van der Waals surface area contributed by atoms with Crippen LogP contribution in [0.25, 0.3) is 0 Å². The molecule has 29 heavy (non-hydrogen) atoms. The minimum atomic E-state index is 0.268. The summed E-state index contributed by atoms with van der Waals surface area (Å²) in [5.74, 6) is 5.31. The SMILES string of the molecule is CC.CC1CCCC2(C)C(CCC3C2CCC2(C)C(C(=O)CBr)CCCCC32)C1. The molecule has 0 aromatic carbocycles. The van der Waals surface area contributed by atoms with E-state index in [1.807, 2.05) is 13.8 Å². The Kier molecular flexibility index (Phi) is 8.00. The van der Waals surface area contributed by atoms with Crippen LogP contribution in [0, 0.1) is 46.3 Å². The summed E-state index contributed by atoms with van der Waals surface area (Å²) in [6.07, 6.45) is 16.6. The number of halogens is 1. The van der Waals surface area contributed by atoms with E-state index in [-0.39, 0.29) is 5.41 Å². The van der Waals surface area contributed by atoms with Crippen molar-refractivity contribution in [1.29, 1.82) is 0 Å². The third-order valence-electron chi connectivity index (χ3n) is 10.2. The van der Waals surface area contributed by atoms with Gasteiger partial charge in [0.15, 0.2) is 0 Å². The second kappa shape index (κ2) is 9.74. The molecule has 0 N–H and O–H groups in total. The average Bonchev–Trinajstić information content (AvgIpc) is 2.99. The minimum absolute atomic E-state index is 0.268. The van der Waals surface area contributed by atoms with E-state index < -0.39 is 0 Å². The molecule has 0 radical (unpaired) electrons. The lowest BCUT2D eigenvalue weighted by Gasteiger charge is -2.60. The quantitative estimate of drug-likeness (QED) is 0.372. The van der Waals surface area contributed by atoms with Crippen molar-refractivity contribution in [2.75, 3.05) is 5.33 Å². The summed E-state index contributed by atoms with van der Waals surface area (Å²) < 4.78 is 0. The number of ketones is 1. The van der Waals surface area contributed by atoms with Gasteiger partial charge in [0, 0.05) is 5.92 Å². The standard InChI is InChI=1S/C25H41BrO.C2H6/c1-17-7-6-13-24(2)18(15-17)10-11-19-20-8-4-5-9-22(23(27)16-26)25(20,3)14-12-21(19)24;1-2/h17-22H,4-16H2,1-3H3;1-2H3. The number of fused-ring (bicyclic) bond motifs is 5. The molecule has 0 aromatic heterocycles. The highest BCUT2D eigenvalue weighted by molar-refractivity contribution is 9.09. The fourth-order valence-electron chi connectivity index (χ4n) is 8.74. The van der Waals surface area contributed by atoms with Crippen molar-refractivity contribution in [3.05, 3.63) is 0 Å². The summed E-state index contributed by atoms with van der Waals surface area (Å²) >= 11 is 3.50. The smallest absolute Gasteiger partial charge is 0.147 e. The van der Waals surface area contributed by atoms with Gasteiger partial charge in [-0.15, -0.1) is 0 Å². The van der Waals surface area contributed by atoms with Gasteiger partial charge in [-0.3, -0.25) is 4.79 Å². The molecule has 8 atom stereocenters. The lowest BCUT2D eigenvalue weighted by Crippen LogP contribution is -2.54. The number of Topliss-reactive ketones (excluding diaryl/α,β-unsaturated/α-hetero) is 1. The molecular weight excluding hydrogens is 420 g/mol. The zero-order valence-electron chi connectivity index (χ0n) is 19.9. The Bertz CT molecular complexity index is 559. The fourth-order valence-corrected chi connectivity index (χ4v) is 9.13. The first-order valence-corrected chi connectivity index (χ1v) is 14.1. The normalized spacial score (nSPS) is 47.2. The van der Waals surface area contributed by atoms with Crippen LogP contribution in [0.3, 0.4) is 0 Å². The van der Waals surface area contributed by atoms with E-state index in [0.29, 0.717) is 22.4 Å². The zero-order valence-corrected chi connectivity index (χ0v) is 21.5. The van der Waals surface area contributed by atoms with E-state index >= 15 is 0 Å². The van der Waals surface area contributed by atoms with Crippen molar-refractivity contribution in [2.24, 2.45) is 46.3 Å². The lowest BCUT2D eigenvalue weighted by atomic mass is 9.44. The fraction of sp³-hybridized carbons (Fsp3) is 0.963. The number of hydrogen-bond donors (Lipinski definition) is 0. The number of carbonyl (C=O) groups is 1. The van der Waals surface area contributed by atoms with Gasteiger partial charge in [-0.1, -0.05) is 76.2 Å². The molecule has 4 saturated carbocycles. The predicted molar refractivity (Wildman–Crippen MR) is 128 cm³/mol. The van der Waals surface area contributed by atoms with Crippen LogP contribution in [-0.4, -0.2) is 11.1 Å². The highest BCUT2D eigenvalue weighted by Gasteiger charge is 2.58. The maximum atomic E-state index is 12.9. The van der Waals surface area contributed by atoms with Gasteiger partial charge in [-0.25, -0.2) is 0 Å². The molecule has 4 rings (SSSR count). The van der Waals surface area contributed by atoms with E-state index in [2.05, 4.69) is 36.7 Å². The summed E-state index contributed by atoms with van der Waals surface area (Å²) in [6, 6.07) is 0. The Hall–Kier alpha value is 0.150. The van der Waals surface area contributed by atoms with Crippen LogP contribution in [0.1, 0.15) is 112 Å². The van der Waals surface area contributed by atoms with Crippen molar-refractivity contribution < 1.29 is 4.79 Å². The minimum Gasteiger partial charge on any atom is -0.298 e. The molecular formula is C27H47BrO. The summed E-state index contributed by atoms with van der Waals surface area (Å²) in [5.41, 5.74) is 0.847. The van der Waals surface area contributed by atoms with Crippen LogP contribution in [0.4, 0.5) is 0 Å². The van der Waals surface area contributed by atoms with Gasteiger partial charge in [-0.05, 0) is 91.8 Å². The van der Waals surface area contributed by atoms with Gasteiger partial charge in [0.05, 0.1) is 5.33 Å². The van der Waals surface area contributed by atoms with Gasteiger partial charge < -0.3 is 0 Å². The molecule has 0 aliphatic heterocycles. The Morgan fingerprint density at radius 1 is 0.862 bits per heavy atom. The van der Waals surface area contributed by atoms with Crippen molar-refractivity contribution in [2.45, 2.75) is 112 Å². The topological polar surface area (TPSA) is 17.1 Å². The molecule has 168 valence electrons. The van der Waals surface area contributed by atoms with E-state index in [0.717, 1.165) is 36.0 Å². The van der Waals surface area contributed by atoms with Gasteiger partial charge in [0.25, 0.3) is 0 Å². The van der Waals surface area contributed by atoms with Crippen molar-refractivity contribution in [3.63, 3.8) is 0 Å². The predicted octanol–water partition coefficient (Wildman–Crippen LogP) is 8.44. The molecule has 0 spiro atoms. The van der Waals surface area contributed by atoms with Gasteiger partial charge in [0.1, 0.15) is 5.78 Å². The molecule has 0 bridgehead atoms. The van der Waals surface area contributed by atoms with Gasteiger partial charge in [-0.2, -0.15) is 0 Å². The van der Waals surface area contributed by atoms with Crippen LogP contribution in [0.2, 0.25) is 0 Å². The Morgan fingerprint density at radius 2 is 1.55 bits per heavy atom. The van der Waals surface area contributed by atoms with Crippen LogP contribution < -0.4 is 0 Å². The number of alkyl halides is 1. The summed E-state index contributed by atoms with van der Waals surface area (Å²) in [4.78, 5) is 12.9. The van der Waals surface area contributed by atoms with Crippen LogP contribution in [0.5, 0.6) is 0 Å². The molecule has 2 heteroatoms. The molecule has 0 amide bonds. The highest BCUT2D eigenvalue weighted by atomic mass is 79.9. The summed E-state index contributed by atoms with van der Waals surface area (Å²) in [6.45, 7) is 11.7. The summed E-state index contributed by atoms with van der Waals surface area (Å²) in [5, 5.41) is 0.561. The van der Waals surface area contributed by atoms with Gasteiger partial charge in [0.2, 0.25) is 0 Å². The van der Waals surface area contributed by atoms with Crippen molar-refractivity contribution >= 4 is 21.7 Å². The van der Waals surface area contributed by atoms with E-state index in [4.69, 9.17) is 0 Å². The molecule has 0 saturated heterocycles. The lowest BCUT2D eigenvalue weighted by molar-refractivity contribution is -0.140. The molecule has 8 unspecified atom stereocenters. The maximum absolute atomic E-state index is 12.9. The van der Waals surface area contributed by atoms with E-state index in [1.54, 1.807) is 0 Å². The second-order valence-corrected chi connectivity index (χ2v) is 11.9. The van der Waals surface area contributed by atoms with E-state index in [1.165, 1.54) is 70.6 Å². The molecule has 0 aromatic rings. The monoisotopic (exact) mass is 466 g/mol. The van der Waals surface area contributed by atoms with Crippen LogP contribution in [0.15, 0.2) is 0 Å². The maximum Gasteiger partial charge on any atom is 0.147 e. The Balaban J connectivity index is 0.00000117. The first kappa shape index (κ1) is 23.8. The number of rotatable bonds is 2. The first-order valence-electron chi connectivity index (χ1n) is 13.0. The van der Waals surface area contributed by atoms with Gasteiger partial charge >= 0.3 is 0 Å². The second-order valence-electron chi connectivity index (χ2n) is 11.4. The van der Waals surface area contributed by atoms with Crippen molar-refractivity contribution in [1.82, 2.24) is 0 Å². The molecule has 0 heterocycles. The molecule has 4 aliphatic carbocycles. The first-order chi connectivity index (χ1) is 13.9.